The SMILES string of the molecule is COc1ccc(-c2cc(-c3cccs3)no2)cc1. The van der Waals surface area contributed by atoms with E-state index in [0.29, 0.717) is 0 Å². The highest BCUT2D eigenvalue weighted by atomic mass is 32.1. The number of nitrogens with zero attached hydrogens (tertiary/aromatic N) is 1. The van der Waals surface area contributed by atoms with Gasteiger partial charge in [0.25, 0.3) is 0 Å². The second kappa shape index (κ2) is 4.66. The van der Waals surface area contributed by atoms with Gasteiger partial charge < -0.3 is 9.26 Å². The van der Waals surface area contributed by atoms with Gasteiger partial charge in [0.1, 0.15) is 11.4 Å². The maximum absolute atomic E-state index is 5.36. The van der Waals surface area contributed by atoms with Crippen LogP contribution in [-0.4, -0.2) is 12.3 Å². The molecule has 0 atom stereocenters. The Kier molecular flexibility index (Phi) is 2.86. The van der Waals surface area contributed by atoms with Gasteiger partial charge in [-0.3, -0.25) is 0 Å². The van der Waals surface area contributed by atoms with Crippen LogP contribution in [0.1, 0.15) is 0 Å². The van der Waals surface area contributed by atoms with Crippen LogP contribution in [-0.2, 0) is 0 Å². The molecule has 0 fully saturated rings. The molecule has 0 spiro atoms. The molecule has 3 nitrogen and oxygen atoms in total. The quantitative estimate of drug-likeness (QED) is 0.709. The van der Waals surface area contributed by atoms with Crippen molar-refractivity contribution in [3.63, 3.8) is 0 Å². The molecule has 0 saturated carbocycles. The van der Waals surface area contributed by atoms with Crippen molar-refractivity contribution >= 4 is 11.3 Å². The number of ether oxygens (including phenoxy) is 1. The molecule has 2 heterocycles. The molecule has 0 N–H and O–H groups in total. The minimum atomic E-state index is 0.765. The van der Waals surface area contributed by atoms with Crippen LogP contribution >= 0.6 is 11.3 Å². The summed E-state index contributed by atoms with van der Waals surface area (Å²) in [6.45, 7) is 0. The van der Waals surface area contributed by atoms with Gasteiger partial charge in [0.15, 0.2) is 5.76 Å². The molecule has 18 heavy (non-hydrogen) atoms. The average Bonchev–Trinajstić information content (AvgIpc) is 3.09. The summed E-state index contributed by atoms with van der Waals surface area (Å²) in [4.78, 5) is 1.11. The molecule has 0 unspecified atom stereocenters. The summed E-state index contributed by atoms with van der Waals surface area (Å²) in [5.74, 6) is 1.60. The van der Waals surface area contributed by atoms with Crippen LogP contribution in [0.5, 0.6) is 5.75 Å². The van der Waals surface area contributed by atoms with Crippen molar-refractivity contribution in [3.8, 4) is 27.6 Å². The highest BCUT2D eigenvalue weighted by molar-refractivity contribution is 7.13. The third-order valence-electron chi connectivity index (χ3n) is 2.66. The molecule has 0 radical (unpaired) electrons. The lowest BCUT2D eigenvalue weighted by Gasteiger charge is -1.99. The fourth-order valence-corrected chi connectivity index (χ4v) is 2.38. The molecule has 2 aromatic heterocycles. The zero-order valence-electron chi connectivity index (χ0n) is 9.79. The first kappa shape index (κ1) is 11.0. The van der Waals surface area contributed by atoms with Gasteiger partial charge in [-0.1, -0.05) is 11.2 Å². The lowest BCUT2D eigenvalue weighted by molar-refractivity contribution is 0.414. The first-order chi connectivity index (χ1) is 8.86. The molecule has 0 bridgehead atoms. The second-order valence-electron chi connectivity index (χ2n) is 3.78. The van der Waals surface area contributed by atoms with Crippen molar-refractivity contribution in [2.75, 3.05) is 7.11 Å². The van der Waals surface area contributed by atoms with Crippen LogP contribution in [0.3, 0.4) is 0 Å². The molecular formula is C14H11NO2S. The van der Waals surface area contributed by atoms with E-state index in [0.717, 1.165) is 27.6 Å². The van der Waals surface area contributed by atoms with E-state index in [-0.39, 0.29) is 0 Å². The van der Waals surface area contributed by atoms with E-state index in [1.54, 1.807) is 18.4 Å². The smallest absolute Gasteiger partial charge is 0.167 e. The molecule has 0 aliphatic heterocycles. The van der Waals surface area contributed by atoms with Crippen LogP contribution in [0.15, 0.2) is 52.4 Å². The van der Waals surface area contributed by atoms with Gasteiger partial charge in [-0.25, -0.2) is 0 Å². The Morgan fingerprint density at radius 3 is 2.67 bits per heavy atom. The summed E-state index contributed by atoms with van der Waals surface area (Å²) in [6.07, 6.45) is 0. The molecule has 0 amide bonds. The van der Waals surface area contributed by atoms with E-state index in [2.05, 4.69) is 5.16 Å². The van der Waals surface area contributed by atoms with Gasteiger partial charge in [-0.05, 0) is 35.7 Å². The van der Waals surface area contributed by atoms with Crippen molar-refractivity contribution in [1.29, 1.82) is 0 Å². The number of rotatable bonds is 3. The highest BCUT2D eigenvalue weighted by Crippen LogP contribution is 2.29. The van der Waals surface area contributed by atoms with Gasteiger partial charge in [0, 0.05) is 11.6 Å². The predicted octanol–water partition coefficient (Wildman–Crippen LogP) is 4.08. The molecule has 0 aliphatic carbocycles. The third-order valence-corrected chi connectivity index (χ3v) is 3.55. The molecule has 1 aromatic carbocycles. The topological polar surface area (TPSA) is 35.3 Å². The number of thiophene rings is 1. The largest absolute Gasteiger partial charge is 0.497 e. The number of methoxy groups -OCH3 is 1. The first-order valence-electron chi connectivity index (χ1n) is 5.52. The molecule has 90 valence electrons. The Morgan fingerprint density at radius 1 is 1.17 bits per heavy atom. The van der Waals surface area contributed by atoms with Crippen molar-refractivity contribution in [2.45, 2.75) is 0 Å². The summed E-state index contributed by atoms with van der Waals surface area (Å²) >= 11 is 1.65. The van der Waals surface area contributed by atoms with Crippen LogP contribution in [0, 0.1) is 0 Å². The summed E-state index contributed by atoms with van der Waals surface area (Å²) in [5.41, 5.74) is 1.86. The minimum Gasteiger partial charge on any atom is -0.497 e. The van der Waals surface area contributed by atoms with Crippen molar-refractivity contribution in [2.24, 2.45) is 0 Å². The Balaban J connectivity index is 1.92. The standard InChI is InChI=1S/C14H11NO2S/c1-16-11-6-4-10(5-7-11)13-9-12(15-17-13)14-3-2-8-18-14/h2-9H,1H3. The second-order valence-corrected chi connectivity index (χ2v) is 4.73. The fourth-order valence-electron chi connectivity index (χ4n) is 1.71. The zero-order valence-corrected chi connectivity index (χ0v) is 10.6. The van der Waals surface area contributed by atoms with Crippen molar-refractivity contribution < 1.29 is 9.26 Å². The van der Waals surface area contributed by atoms with Gasteiger partial charge in [0.2, 0.25) is 0 Å². The van der Waals surface area contributed by atoms with Crippen molar-refractivity contribution in [1.82, 2.24) is 5.16 Å². The number of benzene rings is 1. The van der Waals surface area contributed by atoms with Gasteiger partial charge in [-0.15, -0.1) is 11.3 Å². The van der Waals surface area contributed by atoms with Crippen LogP contribution < -0.4 is 4.74 Å². The van der Waals surface area contributed by atoms with E-state index < -0.39 is 0 Å². The summed E-state index contributed by atoms with van der Waals surface area (Å²) in [5, 5.41) is 6.11. The summed E-state index contributed by atoms with van der Waals surface area (Å²) in [7, 11) is 1.65. The van der Waals surface area contributed by atoms with Crippen LogP contribution in [0.4, 0.5) is 0 Å². The Labute approximate surface area is 109 Å². The molecule has 0 aliphatic rings. The molecular weight excluding hydrogens is 246 g/mol. The molecule has 3 rings (SSSR count). The van der Waals surface area contributed by atoms with E-state index in [9.17, 15) is 0 Å². The Morgan fingerprint density at radius 2 is 2.00 bits per heavy atom. The lowest BCUT2D eigenvalue weighted by Crippen LogP contribution is -1.81. The van der Waals surface area contributed by atoms with Gasteiger partial charge in [-0.2, -0.15) is 0 Å². The van der Waals surface area contributed by atoms with E-state index in [4.69, 9.17) is 9.26 Å². The van der Waals surface area contributed by atoms with Gasteiger partial charge in [0.05, 0.1) is 12.0 Å². The highest BCUT2D eigenvalue weighted by Gasteiger charge is 2.09. The molecule has 4 heteroatoms. The van der Waals surface area contributed by atoms with E-state index >= 15 is 0 Å². The number of hydrogen-bond acceptors (Lipinski definition) is 4. The van der Waals surface area contributed by atoms with Crippen molar-refractivity contribution in [3.05, 3.63) is 47.8 Å². The first-order valence-corrected chi connectivity index (χ1v) is 6.40. The van der Waals surface area contributed by atoms with E-state index in [1.165, 1.54) is 0 Å². The normalized spacial score (nSPS) is 10.5. The molecule has 0 saturated heterocycles. The van der Waals surface area contributed by atoms with Gasteiger partial charge >= 0.3 is 0 Å². The van der Waals surface area contributed by atoms with Crippen LogP contribution in [0.2, 0.25) is 0 Å². The number of aromatic nitrogens is 1. The van der Waals surface area contributed by atoms with Crippen LogP contribution in [0.25, 0.3) is 21.9 Å². The summed E-state index contributed by atoms with van der Waals surface area (Å²) in [6, 6.07) is 13.7. The maximum Gasteiger partial charge on any atom is 0.167 e. The predicted molar refractivity (Wildman–Crippen MR) is 71.8 cm³/mol. The monoisotopic (exact) mass is 257 g/mol. The van der Waals surface area contributed by atoms with E-state index in [1.807, 2.05) is 47.8 Å². The lowest BCUT2D eigenvalue weighted by atomic mass is 10.1. The maximum atomic E-state index is 5.36. The summed E-state index contributed by atoms with van der Waals surface area (Å²) < 4.78 is 10.5. The average molecular weight is 257 g/mol. The zero-order chi connectivity index (χ0) is 12.4. The number of hydrogen-bond donors (Lipinski definition) is 0. The molecule has 3 aromatic rings. The third kappa shape index (κ3) is 2.02. The Hall–Kier alpha value is -2.07. The minimum absolute atomic E-state index is 0.765. The Bertz CT molecular complexity index is 626. The fraction of sp³-hybridized carbons (Fsp3) is 0.0714.